The maximum atomic E-state index is 11.1. The summed E-state index contributed by atoms with van der Waals surface area (Å²) in [4.78, 5) is 17.4. The fourth-order valence-corrected chi connectivity index (χ4v) is 1.37. The second kappa shape index (κ2) is 6.85. The van der Waals surface area contributed by atoms with E-state index in [0.717, 1.165) is 12.4 Å². The van der Waals surface area contributed by atoms with Crippen LogP contribution in [0.5, 0.6) is 0 Å². The standard InChI is InChI=1S/C12H19N3O2/c1-4-17-12(16)6-5-8-14(2)10-11-13-7-9-15(11)3/h5-7,9H,4,8,10H2,1-3H3/b6-5+. The lowest BCUT2D eigenvalue weighted by Gasteiger charge is -2.13. The Morgan fingerprint density at radius 2 is 2.41 bits per heavy atom. The SMILES string of the molecule is CCOC(=O)/C=C/CN(C)Cc1nccn1C. The molecule has 0 unspecified atom stereocenters. The van der Waals surface area contributed by atoms with E-state index in [1.165, 1.54) is 6.08 Å². The van der Waals surface area contributed by atoms with Crippen molar-refractivity contribution in [2.45, 2.75) is 13.5 Å². The average Bonchev–Trinajstić information content (AvgIpc) is 2.65. The summed E-state index contributed by atoms with van der Waals surface area (Å²) >= 11 is 0. The molecular weight excluding hydrogens is 218 g/mol. The number of rotatable bonds is 6. The van der Waals surface area contributed by atoms with Crippen LogP contribution in [0, 0.1) is 0 Å². The van der Waals surface area contributed by atoms with E-state index in [1.807, 2.05) is 24.9 Å². The van der Waals surface area contributed by atoms with E-state index in [2.05, 4.69) is 9.88 Å². The third-order valence-corrected chi connectivity index (χ3v) is 2.29. The molecular formula is C12H19N3O2. The fraction of sp³-hybridized carbons (Fsp3) is 0.500. The highest BCUT2D eigenvalue weighted by Crippen LogP contribution is 1.99. The zero-order valence-corrected chi connectivity index (χ0v) is 10.6. The van der Waals surface area contributed by atoms with Crippen LogP contribution in [-0.2, 0) is 23.1 Å². The normalized spacial score (nSPS) is 11.3. The Morgan fingerprint density at radius 3 is 3.00 bits per heavy atom. The van der Waals surface area contributed by atoms with Gasteiger partial charge in [0.15, 0.2) is 0 Å². The van der Waals surface area contributed by atoms with Gasteiger partial charge in [0.2, 0.25) is 0 Å². The van der Waals surface area contributed by atoms with Crippen LogP contribution < -0.4 is 0 Å². The number of hydrogen-bond donors (Lipinski definition) is 0. The molecule has 94 valence electrons. The van der Waals surface area contributed by atoms with Crippen LogP contribution in [0.3, 0.4) is 0 Å². The van der Waals surface area contributed by atoms with Gasteiger partial charge in [-0.3, -0.25) is 4.90 Å². The molecule has 0 aliphatic heterocycles. The minimum atomic E-state index is -0.294. The van der Waals surface area contributed by atoms with E-state index < -0.39 is 0 Å². The largest absolute Gasteiger partial charge is 0.463 e. The topological polar surface area (TPSA) is 47.4 Å². The van der Waals surface area contributed by atoms with Gasteiger partial charge in [-0.1, -0.05) is 6.08 Å². The molecule has 0 fully saturated rings. The minimum absolute atomic E-state index is 0.294. The molecule has 5 heteroatoms. The molecule has 0 aliphatic rings. The molecule has 0 atom stereocenters. The summed E-state index contributed by atoms with van der Waals surface area (Å²) < 4.78 is 6.77. The third kappa shape index (κ3) is 4.82. The zero-order chi connectivity index (χ0) is 12.7. The smallest absolute Gasteiger partial charge is 0.330 e. The number of hydrogen-bond acceptors (Lipinski definition) is 4. The van der Waals surface area contributed by atoms with Crippen LogP contribution >= 0.6 is 0 Å². The Balaban J connectivity index is 2.33. The van der Waals surface area contributed by atoms with Crippen LogP contribution in [0.15, 0.2) is 24.5 Å². The Hall–Kier alpha value is -1.62. The molecule has 0 spiro atoms. The molecule has 5 nitrogen and oxygen atoms in total. The van der Waals surface area contributed by atoms with Gasteiger partial charge in [-0.05, 0) is 14.0 Å². The maximum Gasteiger partial charge on any atom is 0.330 e. The second-order valence-corrected chi connectivity index (χ2v) is 3.81. The first-order valence-electron chi connectivity index (χ1n) is 5.61. The van der Waals surface area contributed by atoms with Gasteiger partial charge in [-0.15, -0.1) is 0 Å². The van der Waals surface area contributed by atoms with Crippen LogP contribution in [0.25, 0.3) is 0 Å². The molecule has 0 saturated heterocycles. The van der Waals surface area contributed by atoms with Crippen molar-refractivity contribution in [2.24, 2.45) is 7.05 Å². The molecule has 0 N–H and O–H groups in total. The second-order valence-electron chi connectivity index (χ2n) is 3.81. The lowest BCUT2D eigenvalue weighted by atomic mass is 10.4. The molecule has 0 saturated carbocycles. The van der Waals surface area contributed by atoms with Gasteiger partial charge in [-0.2, -0.15) is 0 Å². The van der Waals surface area contributed by atoms with E-state index in [-0.39, 0.29) is 5.97 Å². The highest BCUT2D eigenvalue weighted by molar-refractivity contribution is 5.81. The van der Waals surface area contributed by atoms with Crippen molar-refractivity contribution >= 4 is 5.97 Å². The number of nitrogens with zero attached hydrogens (tertiary/aromatic N) is 3. The summed E-state index contributed by atoms with van der Waals surface area (Å²) in [5, 5.41) is 0. The molecule has 0 amide bonds. The Labute approximate surface area is 102 Å². The lowest BCUT2D eigenvalue weighted by molar-refractivity contribution is -0.137. The number of carbonyl (C=O) groups is 1. The number of likely N-dealkylation sites (N-methyl/N-ethyl adjacent to an activating group) is 1. The van der Waals surface area contributed by atoms with E-state index >= 15 is 0 Å². The molecule has 0 aromatic carbocycles. The quantitative estimate of drug-likeness (QED) is 0.546. The van der Waals surface area contributed by atoms with Crippen LogP contribution in [0.2, 0.25) is 0 Å². The predicted octanol–water partition coefficient (Wildman–Crippen LogP) is 0.971. The van der Waals surface area contributed by atoms with Crippen LogP contribution in [-0.4, -0.2) is 40.6 Å². The summed E-state index contributed by atoms with van der Waals surface area (Å²) in [6.45, 7) is 3.63. The molecule has 1 heterocycles. The first-order valence-corrected chi connectivity index (χ1v) is 5.61. The van der Waals surface area contributed by atoms with Gasteiger partial charge < -0.3 is 9.30 Å². The maximum absolute atomic E-state index is 11.1. The number of aryl methyl sites for hydroxylation is 1. The fourth-order valence-electron chi connectivity index (χ4n) is 1.37. The lowest BCUT2D eigenvalue weighted by Crippen LogP contribution is -2.20. The van der Waals surface area contributed by atoms with Crippen LogP contribution in [0.4, 0.5) is 0 Å². The number of esters is 1. The van der Waals surface area contributed by atoms with E-state index in [0.29, 0.717) is 13.2 Å². The first kappa shape index (κ1) is 13.4. The first-order chi connectivity index (χ1) is 8.13. The summed E-state index contributed by atoms with van der Waals surface area (Å²) in [6, 6.07) is 0. The Kier molecular flexibility index (Phi) is 5.42. The number of ether oxygens (including phenoxy) is 1. The molecule has 0 aliphatic carbocycles. The summed E-state index contributed by atoms with van der Waals surface area (Å²) in [7, 11) is 3.94. The number of carbonyl (C=O) groups excluding carboxylic acids is 1. The molecule has 1 rings (SSSR count). The number of aromatic nitrogens is 2. The summed E-state index contributed by atoms with van der Waals surface area (Å²) in [6.07, 6.45) is 6.94. The minimum Gasteiger partial charge on any atom is -0.463 e. The summed E-state index contributed by atoms with van der Waals surface area (Å²) in [5.74, 6) is 0.704. The Morgan fingerprint density at radius 1 is 1.65 bits per heavy atom. The van der Waals surface area contributed by atoms with Gasteiger partial charge >= 0.3 is 5.97 Å². The Bertz CT molecular complexity index is 385. The van der Waals surface area contributed by atoms with Crippen molar-refractivity contribution in [1.29, 1.82) is 0 Å². The molecule has 0 radical (unpaired) electrons. The van der Waals surface area contributed by atoms with Gasteiger partial charge in [-0.25, -0.2) is 9.78 Å². The molecule has 17 heavy (non-hydrogen) atoms. The van der Waals surface area contributed by atoms with Gasteiger partial charge in [0.1, 0.15) is 5.82 Å². The molecule has 0 bridgehead atoms. The zero-order valence-electron chi connectivity index (χ0n) is 10.6. The monoisotopic (exact) mass is 237 g/mol. The van der Waals surface area contributed by atoms with Crippen molar-refractivity contribution < 1.29 is 9.53 Å². The van der Waals surface area contributed by atoms with Gasteiger partial charge in [0, 0.05) is 32.1 Å². The average molecular weight is 237 g/mol. The van der Waals surface area contributed by atoms with Gasteiger partial charge in [0.25, 0.3) is 0 Å². The van der Waals surface area contributed by atoms with Crippen LogP contribution in [0.1, 0.15) is 12.7 Å². The van der Waals surface area contributed by atoms with E-state index in [4.69, 9.17) is 4.74 Å². The van der Waals surface area contributed by atoms with Crippen molar-refractivity contribution in [1.82, 2.24) is 14.5 Å². The number of imidazole rings is 1. The van der Waals surface area contributed by atoms with Gasteiger partial charge in [0.05, 0.1) is 13.2 Å². The van der Waals surface area contributed by atoms with Crippen molar-refractivity contribution in [3.05, 3.63) is 30.4 Å². The van der Waals surface area contributed by atoms with E-state index in [9.17, 15) is 4.79 Å². The van der Waals surface area contributed by atoms with Crippen molar-refractivity contribution in [3.63, 3.8) is 0 Å². The molecule has 1 aromatic heterocycles. The highest BCUT2D eigenvalue weighted by atomic mass is 16.5. The third-order valence-electron chi connectivity index (χ3n) is 2.29. The molecule has 1 aromatic rings. The predicted molar refractivity (Wildman–Crippen MR) is 65.3 cm³/mol. The summed E-state index contributed by atoms with van der Waals surface area (Å²) in [5.41, 5.74) is 0. The van der Waals surface area contributed by atoms with E-state index in [1.54, 1.807) is 19.2 Å². The van der Waals surface area contributed by atoms with Crippen molar-refractivity contribution in [2.75, 3.05) is 20.2 Å². The van der Waals surface area contributed by atoms with Crippen molar-refractivity contribution in [3.8, 4) is 0 Å². The highest BCUT2D eigenvalue weighted by Gasteiger charge is 2.02.